The van der Waals surface area contributed by atoms with Crippen molar-refractivity contribution in [3.63, 3.8) is 0 Å². The maximum Gasteiger partial charge on any atom is 0.0833 e. The summed E-state index contributed by atoms with van der Waals surface area (Å²) < 4.78 is 0.248. The Balaban J connectivity index is 4.08. The van der Waals surface area contributed by atoms with E-state index in [0.717, 1.165) is 0 Å². The van der Waals surface area contributed by atoms with Crippen molar-refractivity contribution in [2.45, 2.75) is 18.2 Å². The largest absolute Gasteiger partial charge is 0.0862 e. The zero-order valence-corrected chi connectivity index (χ0v) is 15.2. The first-order valence-electron chi connectivity index (χ1n) is 2.98. The van der Waals surface area contributed by atoms with Gasteiger partial charge in [0, 0.05) is 9.65 Å². The molecule has 0 N–H and O–H groups in total. The van der Waals surface area contributed by atoms with Crippen molar-refractivity contribution in [3.8, 4) is 0 Å². The molecule has 0 nitrogen and oxygen atoms in total. The lowest BCUT2D eigenvalue weighted by atomic mass is 10.2. The molecule has 0 fully saturated rings. The summed E-state index contributed by atoms with van der Waals surface area (Å²) in [7, 11) is 0. The van der Waals surface area contributed by atoms with Crippen LogP contribution in [0.4, 0.5) is 0 Å². The molecule has 0 spiro atoms. The second kappa shape index (κ2) is 7.85. The number of rotatable bonds is 4. The zero-order valence-electron chi connectivity index (χ0n) is 5.73. The van der Waals surface area contributed by atoms with Crippen molar-refractivity contribution in [2.75, 3.05) is 0 Å². The molecular formula is C6H6Br6. The molecule has 12 heavy (non-hydrogen) atoms. The molecule has 0 saturated carbocycles. The molecule has 0 saturated heterocycles. The van der Waals surface area contributed by atoms with Gasteiger partial charge in [-0.25, -0.2) is 0 Å². The lowest BCUT2D eigenvalue weighted by Gasteiger charge is -2.20. The van der Waals surface area contributed by atoms with Crippen LogP contribution in [0.5, 0.6) is 0 Å². The standard InChI is InChI=1S/C6H6Br6/c7-2-1-3(8)4(9)5(10)6(11)12/h1-6H. The molecule has 0 aliphatic rings. The van der Waals surface area contributed by atoms with Gasteiger partial charge in [0.1, 0.15) is 0 Å². The molecule has 0 heterocycles. The van der Waals surface area contributed by atoms with Crippen LogP contribution in [0.15, 0.2) is 11.1 Å². The monoisotopic (exact) mass is 552 g/mol. The van der Waals surface area contributed by atoms with Crippen LogP contribution in [0.25, 0.3) is 0 Å². The molecule has 0 rings (SSSR count). The molecule has 0 radical (unpaired) electrons. The van der Waals surface area contributed by atoms with Gasteiger partial charge in [0.05, 0.1) is 8.56 Å². The van der Waals surface area contributed by atoms with E-state index in [1.165, 1.54) is 0 Å². The molecule has 0 aliphatic heterocycles. The Morgan fingerprint density at radius 2 is 1.33 bits per heavy atom. The van der Waals surface area contributed by atoms with Crippen LogP contribution in [-0.4, -0.2) is 18.2 Å². The summed E-state index contributed by atoms with van der Waals surface area (Å²) in [5.41, 5.74) is 0. The number of alkyl halides is 5. The molecule has 0 aromatic rings. The molecule has 72 valence electrons. The topological polar surface area (TPSA) is 0 Å². The molecule has 6 heteroatoms. The van der Waals surface area contributed by atoms with Gasteiger partial charge in [-0.3, -0.25) is 0 Å². The van der Waals surface area contributed by atoms with Crippen LogP contribution in [-0.2, 0) is 0 Å². The van der Waals surface area contributed by atoms with Gasteiger partial charge in [-0.15, -0.1) is 0 Å². The van der Waals surface area contributed by atoms with Crippen molar-refractivity contribution in [1.29, 1.82) is 0 Å². The third-order valence-corrected chi connectivity index (χ3v) is 8.50. The highest BCUT2D eigenvalue weighted by molar-refractivity contribution is 9.25. The average molecular weight is 558 g/mol. The summed E-state index contributed by atoms with van der Waals surface area (Å²) in [5.74, 6) is 0. The Morgan fingerprint density at radius 1 is 0.833 bits per heavy atom. The van der Waals surface area contributed by atoms with Crippen LogP contribution in [0, 0.1) is 0 Å². The van der Waals surface area contributed by atoms with E-state index < -0.39 is 0 Å². The smallest absolute Gasteiger partial charge is 0.0833 e. The highest BCUT2D eigenvalue weighted by atomic mass is 79.9. The molecule has 3 unspecified atom stereocenters. The van der Waals surface area contributed by atoms with Crippen molar-refractivity contribution >= 4 is 95.6 Å². The third-order valence-electron chi connectivity index (χ3n) is 1.11. The van der Waals surface area contributed by atoms with E-state index in [1.54, 1.807) is 0 Å². The summed E-state index contributed by atoms with van der Waals surface area (Å²) >= 11 is 20.8. The Bertz CT molecular complexity index is 145. The molecular weight excluding hydrogens is 551 g/mol. The minimum absolute atomic E-state index is 0.248. The predicted molar refractivity (Wildman–Crippen MR) is 77.9 cm³/mol. The Morgan fingerprint density at radius 3 is 1.67 bits per heavy atom. The second-order valence-electron chi connectivity index (χ2n) is 1.99. The van der Waals surface area contributed by atoms with Gasteiger partial charge >= 0.3 is 0 Å². The van der Waals surface area contributed by atoms with Crippen LogP contribution in [0.2, 0.25) is 0 Å². The molecule has 3 atom stereocenters. The number of hydrogen-bond donors (Lipinski definition) is 0. The van der Waals surface area contributed by atoms with Crippen molar-refractivity contribution in [2.24, 2.45) is 0 Å². The second-order valence-corrected chi connectivity index (χ2v) is 8.89. The summed E-state index contributed by atoms with van der Waals surface area (Å²) in [6.07, 6.45) is 2.02. The van der Waals surface area contributed by atoms with Crippen LogP contribution >= 0.6 is 95.6 Å². The van der Waals surface area contributed by atoms with E-state index in [0.29, 0.717) is 14.5 Å². The van der Waals surface area contributed by atoms with Gasteiger partial charge in [-0.2, -0.15) is 0 Å². The van der Waals surface area contributed by atoms with Crippen LogP contribution in [0.1, 0.15) is 0 Å². The van der Waals surface area contributed by atoms with Crippen molar-refractivity contribution < 1.29 is 0 Å². The first-order chi connectivity index (χ1) is 5.50. The van der Waals surface area contributed by atoms with Crippen LogP contribution < -0.4 is 0 Å². The maximum absolute atomic E-state index is 3.58. The highest BCUT2D eigenvalue weighted by Gasteiger charge is 2.25. The lowest BCUT2D eigenvalue weighted by Crippen LogP contribution is -2.27. The van der Waals surface area contributed by atoms with Gasteiger partial charge in [0.25, 0.3) is 0 Å². The van der Waals surface area contributed by atoms with Gasteiger partial charge < -0.3 is 0 Å². The zero-order chi connectivity index (χ0) is 9.72. The Labute approximate surface area is 123 Å². The normalized spacial score (nSPS) is 19.9. The van der Waals surface area contributed by atoms with E-state index >= 15 is 0 Å². The minimum Gasteiger partial charge on any atom is -0.0862 e. The van der Waals surface area contributed by atoms with Gasteiger partial charge in [0.2, 0.25) is 0 Å². The fourth-order valence-corrected chi connectivity index (χ4v) is 4.41. The molecule has 0 aromatic heterocycles. The average Bonchev–Trinajstić information content (AvgIpc) is 2.02. The fraction of sp³-hybridized carbons (Fsp3) is 0.667. The fourth-order valence-electron chi connectivity index (χ4n) is 0.490. The predicted octanol–water partition coefficient (Wildman–Crippen LogP) is 5.30. The van der Waals surface area contributed by atoms with Crippen molar-refractivity contribution in [1.82, 2.24) is 0 Å². The Hall–Kier alpha value is 2.62. The minimum atomic E-state index is 0.248. The molecule has 0 bridgehead atoms. The van der Waals surface area contributed by atoms with Gasteiger partial charge in [-0.1, -0.05) is 102 Å². The number of allylic oxidation sites excluding steroid dienone is 1. The van der Waals surface area contributed by atoms with E-state index in [4.69, 9.17) is 0 Å². The summed E-state index contributed by atoms with van der Waals surface area (Å²) in [5, 5.41) is 0. The lowest BCUT2D eigenvalue weighted by molar-refractivity contribution is 0.901. The van der Waals surface area contributed by atoms with E-state index in [2.05, 4.69) is 95.6 Å². The first-order valence-corrected chi connectivity index (χ1v) is 8.47. The van der Waals surface area contributed by atoms with E-state index in [9.17, 15) is 0 Å². The molecule has 0 aromatic carbocycles. The summed E-state index contributed by atoms with van der Waals surface area (Å²) in [6.45, 7) is 0. The Kier molecular flexibility index (Phi) is 9.57. The van der Waals surface area contributed by atoms with Gasteiger partial charge in [-0.05, 0) is 4.99 Å². The number of halogens is 6. The molecule has 0 aliphatic carbocycles. The molecule has 0 amide bonds. The van der Waals surface area contributed by atoms with E-state index in [-0.39, 0.29) is 3.74 Å². The third kappa shape index (κ3) is 5.49. The SMILES string of the molecule is BrC=CC(Br)C(Br)C(Br)C(Br)Br. The maximum atomic E-state index is 3.58. The highest BCUT2D eigenvalue weighted by Crippen LogP contribution is 2.31. The number of hydrogen-bond acceptors (Lipinski definition) is 0. The van der Waals surface area contributed by atoms with Crippen molar-refractivity contribution in [3.05, 3.63) is 11.1 Å². The quantitative estimate of drug-likeness (QED) is 0.412. The van der Waals surface area contributed by atoms with Gasteiger partial charge in [0.15, 0.2) is 0 Å². The van der Waals surface area contributed by atoms with Crippen LogP contribution in [0.3, 0.4) is 0 Å². The summed E-state index contributed by atoms with van der Waals surface area (Å²) in [6, 6.07) is 0. The van der Waals surface area contributed by atoms with E-state index in [1.807, 2.05) is 11.1 Å². The first kappa shape index (κ1) is 14.6. The summed E-state index contributed by atoms with van der Waals surface area (Å²) in [4.78, 5) is 2.76.